The Hall–Kier alpha value is -4.60. The Kier molecular flexibility index (Phi) is 14.5. The van der Waals surface area contributed by atoms with E-state index in [1.807, 2.05) is 6.92 Å². The third kappa shape index (κ3) is 12.1. The van der Waals surface area contributed by atoms with Crippen LogP contribution < -0.4 is 9.47 Å². The molecule has 6 nitrogen and oxygen atoms in total. The molecule has 0 radical (unpaired) electrons. The summed E-state index contributed by atoms with van der Waals surface area (Å²) in [5, 5.41) is 0. The minimum atomic E-state index is -3.70. The van der Waals surface area contributed by atoms with Crippen molar-refractivity contribution in [3.05, 3.63) is 119 Å². The SMILES string of the molecule is C=CC(=O)OCCC(CCC)c1ccc(C(F)(F)Oc2ccc(OC(F)(F)c3ccc(CCCCCOC(=O)C(=C)C)cc3)c(C)c2)cc1. The first-order valence-electron chi connectivity index (χ1n) is 16.3. The summed E-state index contributed by atoms with van der Waals surface area (Å²) < 4.78 is 80.6. The highest BCUT2D eigenvalue weighted by atomic mass is 19.3. The number of ether oxygens (including phenoxy) is 4. The van der Waals surface area contributed by atoms with E-state index in [-0.39, 0.29) is 40.7 Å². The van der Waals surface area contributed by atoms with Crippen LogP contribution in [0.2, 0.25) is 0 Å². The molecule has 0 heterocycles. The van der Waals surface area contributed by atoms with Gasteiger partial charge in [0.15, 0.2) is 0 Å². The standard InChI is InChI=1S/C39H44F4O6/c1-6-11-30(23-25-46-36(44)7-2)31-15-19-33(20-16-31)38(40,41)48-34-21-22-35(28(5)26-34)49-39(42,43)32-17-13-29(14-18-32)12-9-8-10-24-47-37(45)27(3)4/h7,13-22,26,30H,2-3,6,8-12,23-25H2,1,4-5H3. The zero-order valence-corrected chi connectivity index (χ0v) is 28.2. The fourth-order valence-electron chi connectivity index (χ4n) is 5.10. The molecule has 0 aliphatic carbocycles. The van der Waals surface area contributed by atoms with Crippen LogP contribution in [0.25, 0.3) is 0 Å². The van der Waals surface area contributed by atoms with Gasteiger partial charge >= 0.3 is 24.2 Å². The van der Waals surface area contributed by atoms with Gasteiger partial charge in [-0.3, -0.25) is 0 Å². The normalized spacial score (nSPS) is 12.1. The van der Waals surface area contributed by atoms with Gasteiger partial charge in [0.2, 0.25) is 0 Å². The van der Waals surface area contributed by atoms with Crippen molar-refractivity contribution in [3.63, 3.8) is 0 Å². The van der Waals surface area contributed by atoms with Crippen molar-refractivity contribution in [2.24, 2.45) is 0 Å². The van der Waals surface area contributed by atoms with Crippen LogP contribution in [-0.2, 0) is 37.7 Å². The topological polar surface area (TPSA) is 71.1 Å². The van der Waals surface area contributed by atoms with Gasteiger partial charge in [-0.05, 0) is 117 Å². The van der Waals surface area contributed by atoms with Gasteiger partial charge in [0, 0.05) is 11.6 Å². The molecule has 49 heavy (non-hydrogen) atoms. The van der Waals surface area contributed by atoms with E-state index in [2.05, 4.69) is 13.2 Å². The molecule has 0 saturated carbocycles. The number of aryl methyl sites for hydroxylation is 2. The Bertz CT molecular complexity index is 1550. The summed E-state index contributed by atoms with van der Waals surface area (Å²) in [5.74, 6) is -1.31. The van der Waals surface area contributed by atoms with Gasteiger partial charge in [-0.15, -0.1) is 0 Å². The molecule has 0 N–H and O–H groups in total. The van der Waals surface area contributed by atoms with Crippen molar-refractivity contribution in [1.29, 1.82) is 0 Å². The fourth-order valence-corrected chi connectivity index (χ4v) is 5.10. The van der Waals surface area contributed by atoms with E-state index in [0.29, 0.717) is 31.4 Å². The predicted octanol–water partition coefficient (Wildman–Crippen LogP) is 10.1. The van der Waals surface area contributed by atoms with Crippen LogP contribution in [0, 0.1) is 6.92 Å². The zero-order valence-electron chi connectivity index (χ0n) is 28.2. The summed E-state index contributed by atoms with van der Waals surface area (Å²) in [6.45, 7) is 12.4. The number of hydrogen-bond acceptors (Lipinski definition) is 6. The fraction of sp³-hybridized carbons (Fsp3) is 0.385. The molecule has 1 atom stereocenters. The molecule has 264 valence electrons. The molecule has 3 aromatic rings. The Morgan fingerprint density at radius 3 is 2.04 bits per heavy atom. The van der Waals surface area contributed by atoms with Gasteiger partial charge in [-0.2, -0.15) is 17.6 Å². The van der Waals surface area contributed by atoms with Crippen molar-refractivity contribution in [1.82, 2.24) is 0 Å². The van der Waals surface area contributed by atoms with Gasteiger partial charge in [-0.1, -0.05) is 50.8 Å². The molecule has 10 heteroatoms. The van der Waals surface area contributed by atoms with E-state index in [0.717, 1.165) is 49.0 Å². The number of alkyl halides is 4. The molecular weight excluding hydrogens is 640 g/mol. The van der Waals surface area contributed by atoms with E-state index in [1.54, 1.807) is 31.2 Å². The third-order valence-electron chi connectivity index (χ3n) is 7.84. The maximum atomic E-state index is 15.1. The highest BCUT2D eigenvalue weighted by Crippen LogP contribution is 2.38. The second kappa shape index (κ2) is 18.2. The minimum absolute atomic E-state index is 0.0141. The molecule has 0 spiro atoms. The van der Waals surface area contributed by atoms with Crippen molar-refractivity contribution >= 4 is 11.9 Å². The molecular formula is C39H44F4O6. The Morgan fingerprint density at radius 1 is 0.816 bits per heavy atom. The summed E-state index contributed by atoms with van der Waals surface area (Å²) in [7, 11) is 0. The number of rotatable bonds is 20. The zero-order chi connectivity index (χ0) is 36.0. The molecule has 0 aliphatic heterocycles. The lowest BCUT2D eigenvalue weighted by Crippen LogP contribution is -2.23. The van der Waals surface area contributed by atoms with E-state index in [9.17, 15) is 9.59 Å². The van der Waals surface area contributed by atoms with Gasteiger partial charge in [0.1, 0.15) is 11.5 Å². The quantitative estimate of drug-likeness (QED) is 0.0511. The molecule has 1 unspecified atom stereocenters. The lowest BCUT2D eigenvalue weighted by atomic mass is 9.91. The van der Waals surface area contributed by atoms with Gasteiger partial charge in [0.05, 0.1) is 24.3 Å². The third-order valence-corrected chi connectivity index (χ3v) is 7.84. The largest absolute Gasteiger partial charge is 0.463 e. The number of carbonyl (C=O) groups excluding carboxylic acids is 2. The molecule has 0 aromatic heterocycles. The highest BCUT2D eigenvalue weighted by Gasteiger charge is 2.37. The van der Waals surface area contributed by atoms with Crippen LogP contribution in [-0.4, -0.2) is 25.2 Å². The van der Waals surface area contributed by atoms with Crippen LogP contribution in [0.1, 0.15) is 86.1 Å². The summed E-state index contributed by atoms with van der Waals surface area (Å²) in [5.41, 5.74) is 1.52. The van der Waals surface area contributed by atoms with Crippen LogP contribution >= 0.6 is 0 Å². The summed E-state index contributed by atoms with van der Waals surface area (Å²) in [6, 6.07) is 15.1. The number of halogens is 4. The predicted molar refractivity (Wildman–Crippen MR) is 180 cm³/mol. The average Bonchev–Trinajstić information content (AvgIpc) is 3.07. The van der Waals surface area contributed by atoms with Crippen LogP contribution in [0.15, 0.2) is 91.5 Å². The first-order chi connectivity index (χ1) is 23.3. The van der Waals surface area contributed by atoms with Gasteiger partial charge in [-0.25, -0.2) is 9.59 Å². The summed E-state index contributed by atoms with van der Waals surface area (Å²) in [6.07, 6.45) is -1.14. The first kappa shape index (κ1) is 38.8. The highest BCUT2D eigenvalue weighted by molar-refractivity contribution is 5.86. The lowest BCUT2D eigenvalue weighted by Gasteiger charge is -2.22. The summed E-state index contributed by atoms with van der Waals surface area (Å²) >= 11 is 0. The number of hydrogen-bond donors (Lipinski definition) is 0. The minimum Gasteiger partial charge on any atom is -0.463 e. The summed E-state index contributed by atoms with van der Waals surface area (Å²) in [4.78, 5) is 22.7. The van der Waals surface area contributed by atoms with Gasteiger partial charge < -0.3 is 18.9 Å². The van der Waals surface area contributed by atoms with E-state index in [1.165, 1.54) is 43.3 Å². The Morgan fingerprint density at radius 2 is 1.45 bits per heavy atom. The van der Waals surface area contributed by atoms with Crippen LogP contribution in [0.4, 0.5) is 17.6 Å². The molecule has 0 amide bonds. The molecule has 0 bridgehead atoms. The second-order valence-corrected chi connectivity index (χ2v) is 11.9. The van der Waals surface area contributed by atoms with Crippen LogP contribution in [0.5, 0.6) is 11.5 Å². The second-order valence-electron chi connectivity index (χ2n) is 11.9. The number of benzene rings is 3. The molecule has 0 saturated heterocycles. The van der Waals surface area contributed by atoms with Crippen molar-refractivity contribution in [3.8, 4) is 11.5 Å². The van der Waals surface area contributed by atoms with Crippen LogP contribution in [0.3, 0.4) is 0 Å². The smallest absolute Gasteiger partial charge is 0.426 e. The van der Waals surface area contributed by atoms with E-state index >= 15 is 17.6 Å². The maximum absolute atomic E-state index is 15.1. The molecule has 0 aliphatic rings. The Balaban J connectivity index is 1.56. The number of carbonyl (C=O) groups is 2. The molecule has 0 fully saturated rings. The molecule has 3 aromatic carbocycles. The van der Waals surface area contributed by atoms with E-state index in [4.69, 9.17) is 18.9 Å². The monoisotopic (exact) mass is 684 g/mol. The van der Waals surface area contributed by atoms with Gasteiger partial charge in [0.25, 0.3) is 0 Å². The lowest BCUT2D eigenvalue weighted by molar-refractivity contribution is -0.188. The van der Waals surface area contributed by atoms with Crippen molar-refractivity contribution in [2.45, 2.75) is 83.9 Å². The number of esters is 2. The van der Waals surface area contributed by atoms with Crippen molar-refractivity contribution in [2.75, 3.05) is 13.2 Å². The Labute approximate surface area is 285 Å². The van der Waals surface area contributed by atoms with E-state index < -0.39 is 24.2 Å². The molecule has 3 rings (SSSR count). The number of unbranched alkanes of at least 4 members (excludes halogenated alkanes) is 2. The van der Waals surface area contributed by atoms with Crippen molar-refractivity contribution < 1.29 is 46.1 Å². The first-order valence-corrected chi connectivity index (χ1v) is 16.3. The average molecular weight is 685 g/mol. The maximum Gasteiger partial charge on any atom is 0.426 e.